The van der Waals surface area contributed by atoms with Gasteiger partial charge in [0.2, 0.25) is 0 Å². The molecule has 0 N–H and O–H groups in total. The van der Waals surface area contributed by atoms with Crippen LogP contribution in [0.1, 0.15) is 20.3 Å². The molecule has 0 aromatic heterocycles. The number of hydrogen-bond acceptors (Lipinski definition) is 2. The van der Waals surface area contributed by atoms with Gasteiger partial charge in [-0.1, -0.05) is 29.5 Å². The lowest BCUT2D eigenvalue weighted by Gasteiger charge is -2.30. The molecule has 3 nitrogen and oxygen atoms in total. The van der Waals surface area contributed by atoms with Gasteiger partial charge in [0, 0.05) is 12.2 Å². The molecule has 1 aliphatic heterocycles. The maximum Gasteiger partial charge on any atom is 0.254 e. The normalized spacial score (nSPS) is 21.8. The number of hydrogen-bond donors (Lipinski definition) is 0. The van der Waals surface area contributed by atoms with E-state index in [0.29, 0.717) is 0 Å². The Morgan fingerprint density at radius 1 is 1.42 bits per heavy atom. The second-order valence-electron chi connectivity index (χ2n) is 2.84. The van der Waals surface area contributed by atoms with Crippen LogP contribution in [0.3, 0.4) is 0 Å². The first-order valence-corrected chi connectivity index (χ1v) is 4.82. The van der Waals surface area contributed by atoms with Crippen molar-refractivity contribution in [3.63, 3.8) is 0 Å². The Bertz CT molecular complexity index is 240. The summed E-state index contributed by atoms with van der Waals surface area (Å²) in [7, 11) is 0. The van der Waals surface area contributed by atoms with E-state index in [9.17, 15) is 9.59 Å². The lowest BCUT2D eigenvalue weighted by molar-refractivity contribution is -0.139. The molecular weight excluding hydrogens is 269 g/mol. The summed E-state index contributed by atoms with van der Waals surface area (Å²) in [4.78, 5) is 23.7. The molecule has 66 valence electrons. The third-order valence-electron chi connectivity index (χ3n) is 1.92. The van der Waals surface area contributed by atoms with Crippen molar-refractivity contribution in [1.29, 1.82) is 0 Å². The molecule has 0 spiro atoms. The zero-order valence-corrected chi connectivity index (χ0v) is 9.16. The first kappa shape index (κ1) is 9.70. The molecular formula is C8H10INO2. The quantitative estimate of drug-likeness (QED) is 0.332. The van der Waals surface area contributed by atoms with Crippen molar-refractivity contribution in [2.75, 3.05) is 0 Å². The first-order chi connectivity index (χ1) is 5.49. The largest absolute Gasteiger partial charge is 0.269 e. The van der Waals surface area contributed by atoms with Gasteiger partial charge in [-0.25, -0.2) is 0 Å². The van der Waals surface area contributed by atoms with Gasteiger partial charge in [0.25, 0.3) is 11.8 Å². The summed E-state index contributed by atoms with van der Waals surface area (Å²) in [6.45, 7) is 3.82. The SMILES string of the molecule is CCC(C)(I)N1C(=O)C=CC1=O. The molecule has 4 heteroatoms. The van der Waals surface area contributed by atoms with Crippen molar-refractivity contribution in [2.24, 2.45) is 0 Å². The van der Waals surface area contributed by atoms with E-state index in [-0.39, 0.29) is 11.8 Å². The van der Waals surface area contributed by atoms with E-state index in [1.54, 1.807) is 0 Å². The van der Waals surface area contributed by atoms with Gasteiger partial charge in [-0.3, -0.25) is 14.5 Å². The fraction of sp³-hybridized carbons (Fsp3) is 0.500. The molecule has 0 radical (unpaired) electrons. The van der Waals surface area contributed by atoms with Crippen LogP contribution in [0.4, 0.5) is 0 Å². The summed E-state index contributed by atoms with van der Waals surface area (Å²) in [5.74, 6) is -0.419. The van der Waals surface area contributed by atoms with Crippen LogP contribution in [-0.4, -0.2) is 20.3 Å². The van der Waals surface area contributed by atoms with Crippen LogP contribution in [-0.2, 0) is 9.59 Å². The number of imide groups is 1. The van der Waals surface area contributed by atoms with Crippen molar-refractivity contribution in [2.45, 2.75) is 23.8 Å². The van der Waals surface area contributed by atoms with Gasteiger partial charge in [-0.15, -0.1) is 0 Å². The summed E-state index contributed by atoms with van der Waals surface area (Å²) in [6.07, 6.45) is 3.39. The molecule has 12 heavy (non-hydrogen) atoms. The molecule has 0 fully saturated rings. The highest BCUT2D eigenvalue weighted by Crippen LogP contribution is 2.29. The number of rotatable bonds is 2. The molecule has 1 rings (SSSR count). The number of carbonyl (C=O) groups excluding carboxylic acids is 2. The number of amides is 2. The second kappa shape index (κ2) is 3.16. The topological polar surface area (TPSA) is 37.4 Å². The highest BCUT2D eigenvalue weighted by Gasteiger charge is 2.37. The van der Waals surface area contributed by atoms with E-state index in [0.717, 1.165) is 6.42 Å². The number of nitrogens with zero attached hydrogens (tertiary/aromatic N) is 1. The number of carbonyl (C=O) groups is 2. The van der Waals surface area contributed by atoms with Crippen LogP contribution in [0, 0.1) is 0 Å². The van der Waals surface area contributed by atoms with Gasteiger partial charge < -0.3 is 0 Å². The van der Waals surface area contributed by atoms with Crippen molar-refractivity contribution < 1.29 is 9.59 Å². The van der Waals surface area contributed by atoms with Crippen LogP contribution in [0.25, 0.3) is 0 Å². The van der Waals surface area contributed by atoms with Gasteiger partial charge in [0.1, 0.15) is 0 Å². The van der Waals surface area contributed by atoms with Gasteiger partial charge in [-0.2, -0.15) is 0 Å². The molecule has 0 bridgehead atoms. The third kappa shape index (κ3) is 1.53. The third-order valence-corrected chi connectivity index (χ3v) is 3.17. The van der Waals surface area contributed by atoms with E-state index in [4.69, 9.17) is 0 Å². The average Bonchev–Trinajstić information content (AvgIpc) is 2.31. The van der Waals surface area contributed by atoms with Crippen molar-refractivity contribution in [3.05, 3.63) is 12.2 Å². The summed E-state index contributed by atoms with van der Waals surface area (Å²) in [6, 6.07) is 0. The Labute approximate surface area is 84.9 Å². The molecule has 1 aliphatic rings. The first-order valence-electron chi connectivity index (χ1n) is 3.74. The Kier molecular flexibility index (Phi) is 2.55. The van der Waals surface area contributed by atoms with Crippen molar-refractivity contribution in [3.8, 4) is 0 Å². The maximum atomic E-state index is 11.2. The minimum absolute atomic E-state index is 0.209. The van der Waals surface area contributed by atoms with Crippen LogP contribution in [0.2, 0.25) is 0 Å². The smallest absolute Gasteiger partial charge is 0.254 e. The molecule has 0 aromatic carbocycles. The molecule has 1 atom stereocenters. The molecule has 0 saturated heterocycles. The minimum Gasteiger partial charge on any atom is -0.269 e. The maximum absolute atomic E-state index is 11.2. The molecule has 0 aromatic rings. The van der Waals surface area contributed by atoms with Gasteiger partial charge >= 0.3 is 0 Å². The highest BCUT2D eigenvalue weighted by atomic mass is 127. The fourth-order valence-electron chi connectivity index (χ4n) is 1.02. The monoisotopic (exact) mass is 279 g/mol. The van der Waals surface area contributed by atoms with Crippen LogP contribution >= 0.6 is 22.6 Å². The molecule has 1 heterocycles. The number of halogens is 1. The van der Waals surface area contributed by atoms with Crippen molar-refractivity contribution in [1.82, 2.24) is 4.90 Å². The van der Waals surface area contributed by atoms with E-state index < -0.39 is 3.55 Å². The van der Waals surface area contributed by atoms with Crippen LogP contribution in [0.5, 0.6) is 0 Å². The summed E-state index contributed by atoms with van der Waals surface area (Å²) in [5.41, 5.74) is 0. The molecule has 0 aliphatic carbocycles. The lowest BCUT2D eigenvalue weighted by atomic mass is 10.2. The average molecular weight is 279 g/mol. The summed E-state index contributed by atoms with van der Waals surface area (Å²) >= 11 is 2.12. The Morgan fingerprint density at radius 2 is 1.83 bits per heavy atom. The molecule has 2 amide bonds. The lowest BCUT2D eigenvalue weighted by Crippen LogP contribution is -2.44. The summed E-state index contributed by atoms with van der Waals surface area (Å²) < 4.78 is -0.393. The van der Waals surface area contributed by atoms with Crippen LogP contribution in [0.15, 0.2) is 12.2 Å². The van der Waals surface area contributed by atoms with Crippen molar-refractivity contribution >= 4 is 34.4 Å². The van der Waals surface area contributed by atoms with E-state index in [1.807, 2.05) is 13.8 Å². The summed E-state index contributed by atoms with van der Waals surface area (Å²) in [5, 5.41) is 0. The predicted octanol–water partition coefficient (Wildman–Crippen LogP) is 1.47. The highest BCUT2D eigenvalue weighted by molar-refractivity contribution is 14.1. The fourth-order valence-corrected chi connectivity index (χ4v) is 1.49. The second-order valence-corrected chi connectivity index (χ2v) is 5.17. The van der Waals surface area contributed by atoms with Gasteiger partial charge in [0.15, 0.2) is 0 Å². The minimum atomic E-state index is -0.393. The van der Waals surface area contributed by atoms with E-state index >= 15 is 0 Å². The Hall–Kier alpha value is -0.390. The Morgan fingerprint density at radius 3 is 2.17 bits per heavy atom. The standard InChI is InChI=1S/C8H10INO2/c1-3-8(2,9)10-6(11)4-5-7(10)12/h4-5H,3H2,1-2H3. The Balaban J connectivity index is 2.90. The molecule has 1 unspecified atom stereocenters. The van der Waals surface area contributed by atoms with Gasteiger partial charge in [0.05, 0.1) is 3.55 Å². The zero-order valence-electron chi connectivity index (χ0n) is 7.00. The van der Waals surface area contributed by atoms with E-state index in [1.165, 1.54) is 17.1 Å². The van der Waals surface area contributed by atoms with E-state index in [2.05, 4.69) is 22.6 Å². The van der Waals surface area contributed by atoms with Gasteiger partial charge in [-0.05, 0) is 13.3 Å². The zero-order chi connectivity index (χ0) is 9.35. The predicted molar refractivity (Wildman–Crippen MR) is 53.7 cm³/mol. The van der Waals surface area contributed by atoms with Crippen LogP contribution < -0.4 is 0 Å². The number of alkyl halides is 1. The molecule has 0 saturated carbocycles.